The number of carbonyl (C=O) groups is 1. The molecule has 2 rings (SSSR count). The maximum atomic E-state index is 13.4. The number of primary amides is 1. The van der Waals surface area contributed by atoms with Gasteiger partial charge >= 0.3 is 0 Å². The van der Waals surface area contributed by atoms with Crippen LogP contribution >= 0.6 is 0 Å². The smallest absolute Gasteiger partial charge is 0.252 e. The fraction of sp³-hybridized carbons (Fsp3) is 0.571. The Hall–Kier alpha value is -1.79. The second-order valence-electron chi connectivity index (χ2n) is 5.30. The number of carbonyl (C=O) groups excluding carboxylic acids is 1. The molecular weight excluding hydrogens is 283 g/mol. The zero-order chi connectivity index (χ0) is 15.6. The molecule has 116 valence electrons. The van der Waals surface area contributed by atoms with E-state index in [1.165, 1.54) is 6.20 Å². The molecule has 0 atom stereocenters. The third-order valence-electron chi connectivity index (χ3n) is 3.83. The molecule has 1 aliphatic heterocycles. The zero-order valence-electron chi connectivity index (χ0n) is 11.8. The Morgan fingerprint density at radius 1 is 1.43 bits per heavy atom. The number of anilines is 1. The number of aromatic nitrogens is 1. The van der Waals surface area contributed by atoms with E-state index >= 15 is 0 Å². The first-order valence-corrected chi connectivity index (χ1v) is 6.83. The first-order chi connectivity index (χ1) is 9.85. The Morgan fingerprint density at radius 3 is 2.76 bits per heavy atom. The first-order valence-electron chi connectivity index (χ1n) is 6.83. The van der Waals surface area contributed by atoms with Crippen molar-refractivity contribution in [2.45, 2.75) is 38.8 Å². The lowest BCUT2D eigenvalue weighted by molar-refractivity contribution is -0.0102. The second kappa shape index (κ2) is 5.91. The van der Waals surface area contributed by atoms with Crippen molar-refractivity contribution in [2.75, 3.05) is 18.0 Å². The summed E-state index contributed by atoms with van der Waals surface area (Å²) in [6, 6.07) is 0. The Kier molecular flexibility index (Phi) is 4.39. The molecule has 2 N–H and O–H groups in total. The van der Waals surface area contributed by atoms with Gasteiger partial charge in [0.15, 0.2) is 0 Å². The molecule has 7 heteroatoms. The van der Waals surface area contributed by atoms with Gasteiger partial charge in [-0.15, -0.1) is 0 Å². The van der Waals surface area contributed by atoms with Crippen LogP contribution in [0.3, 0.4) is 0 Å². The summed E-state index contributed by atoms with van der Waals surface area (Å²) in [6.45, 7) is 1.30. The molecule has 1 saturated heterocycles. The monoisotopic (exact) mass is 301 g/mol. The van der Waals surface area contributed by atoms with Crippen LogP contribution in [-0.4, -0.2) is 29.9 Å². The number of halogens is 3. The Bertz CT molecular complexity index is 549. The maximum absolute atomic E-state index is 13.4. The van der Waals surface area contributed by atoms with Gasteiger partial charge in [-0.2, -0.15) is 0 Å². The highest BCUT2D eigenvalue weighted by Crippen LogP contribution is 2.31. The summed E-state index contributed by atoms with van der Waals surface area (Å²) in [5.74, 6) is -3.15. The van der Waals surface area contributed by atoms with Crippen LogP contribution in [-0.2, 0) is 6.67 Å². The molecule has 0 bridgehead atoms. The minimum atomic E-state index is -2.70. The fourth-order valence-electron chi connectivity index (χ4n) is 2.57. The average molecular weight is 301 g/mol. The third-order valence-corrected chi connectivity index (χ3v) is 3.83. The molecule has 21 heavy (non-hydrogen) atoms. The van der Waals surface area contributed by atoms with Gasteiger partial charge in [-0.1, -0.05) is 0 Å². The number of amides is 1. The lowest BCUT2D eigenvalue weighted by atomic mass is 10.0. The molecule has 1 amide bonds. The molecule has 0 saturated carbocycles. The summed E-state index contributed by atoms with van der Waals surface area (Å²) >= 11 is 0. The van der Waals surface area contributed by atoms with Crippen LogP contribution in [0.15, 0.2) is 6.20 Å². The van der Waals surface area contributed by atoms with E-state index in [-0.39, 0.29) is 36.3 Å². The standard InChI is InChI=1S/C14H18F3N3O/c1-9-10(7-15)8-19-13(11(9)12(18)21)20-5-2-3-14(16,17)4-6-20/h8H,2-7H2,1H3,(H2,18,21). The van der Waals surface area contributed by atoms with Crippen molar-refractivity contribution in [3.63, 3.8) is 0 Å². The predicted molar refractivity (Wildman–Crippen MR) is 73.3 cm³/mol. The van der Waals surface area contributed by atoms with E-state index < -0.39 is 18.5 Å². The fourth-order valence-corrected chi connectivity index (χ4v) is 2.57. The molecule has 4 nitrogen and oxygen atoms in total. The summed E-state index contributed by atoms with van der Waals surface area (Å²) in [5, 5.41) is 0. The summed E-state index contributed by atoms with van der Waals surface area (Å²) < 4.78 is 39.7. The Morgan fingerprint density at radius 2 is 2.14 bits per heavy atom. The summed E-state index contributed by atoms with van der Waals surface area (Å²) in [5.41, 5.74) is 6.19. The van der Waals surface area contributed by atoms with Gasteiger partial charge in [0, 0.05) is 37.7 Å². The average Bonchev–Trinajstić information content (AvgIpc) is 2.59. The third kappa shape index (κ3) is 3.28. The summed E-state index contributed by atoms with van der Waals surface area (Å²) in [4.78, 5) is 17.4. The van der Waals surface area contributed by atoms with Crippen LogP contribution in [0.2, 0.25) is 0 Å². The lowest BCUT2D eigenvalue weighted by Gasteiger charge is -2.24. The topological polar surface area (TPSA) is 59.2 Å². The Labute approximate surface area is 121 Å². The van der Waals surface area contributed by atoms with Gasteiger partial charge in [-0.05, 0) is 18.9 Å². The number of hydrogen-bond acceptors (Lipinski definition) is 3. The molecule has 1 aromatic rings. The SMILES string of the molecule is Cc1c(CF)cnc(N2CCCC(F)(F)CC2)c1C(N)=O. The molecule has 1 aromatic heterocycles. The summed E-state index contributed by atoms with van der Waals surface area (Å²) in [7, 11) is 0. The van der Waals surface area contributed by atoms with Crippen LogP contribution < -0.4 is 10.6 Å². The van der Waals surface area contributed by atoms with Crippen molar-refractivity contribution in [1.82, 2.24) is 4.98 Å². The van der Waals surface area contributed by atoms with E-state index in [1.807, 2.05) is 0 Å². The van der Waals surface area contributed by atoms with Crippen LogP contribution in [0.25, 0.3) is 0 Å². The van der Waals surface area contributed by atoms with Gasteiger partial charge < -0.3 is 10.6 Å². The largest absolute Gasteiger partial charge is 0.365 e. The van der Waals surface area contributed by atoms with Crippen LogP contribution in [0, 0.1) is 6.92 Å². The predicted octanol–water partition coefficient (Wildman–Crippen LogP) is 2.58. The summed E-state index contributed by atoms with van der Waals surface area (Å²) in [6.07, 6.45) is 1.16. The molecule has 0 unspecified atom stereocenters. The highest BCUT2D eigenvalue weighted by atomic mass is 19.3. The molecule has 2 heterocycles. The van der Waals surface area contributed by atoms with E-state index in [9.17, 15) is 18.0 Å². The van der Waals surface area contributed by atoms with Crippen LogP contribution in [0.4, 0.5) is 19.0 Å². The van der Waals surface area contributed by atoms with E-state index in [4.69, 9.17) is 5.73 Å². The molecular formula is C14H18F3N3O. The molecule has 0 aliphatic carbocycles. The quantitative estimate of drug-likeness (QED) is 0.933. The second-order valence-corrected chi connectivity index (χ2v) is 5.30. The maximum Gasteiger partial charge on any atom is 0.252 e. The van der Waals surface area contributed by atoms with Crippen molar-refractivity contribution < 1.29 is 18.0 Å². The van der Waals surface area contributed by atoms with E-state index in [1.54, 1.807) is 11.8 Å². The van der Waals surface area contributed by atoms with Gasteiger partial charge in [0.1, 0.15) is 12.5 Å². The van der Waals surface area contributed by atoms with Crippen molar-refractivity contribution >= 4 is 11.7 Å². The Balaban J connectivity index is 2.39. The van der Waals surface area contributed by atoms with Crippen LogP contribution in [0.5, 0.6) is 0 Å². The minimum absolute atomic E-state index is 0.0920. The molecule has 0 radical (unpaired) electrons. The van der Waals surface area contributed by atoms with Crippen LogP contribution in [0.1, 0.15) is 40.7 Å². The minimum Gasteiger partial charge on any atom is -0.365 e. The van der Waals surface area contributed by atoms with E-state index in [0.29, 0.717) is 18.5 Å². The number of nitrogens with zero attached hydrogens (tertiary/aromatic N) is 2. The number of pyridine rings is 1. The normalized spacial score (nSPS) is 18.4. The van der Waals surface area contributed by atoms with Crippen molar-refractivity contribution in [3.05, 3.63) is 22.9 Å². The highest BCUT2D eigenvalue weighted by molar-refractivity contribution is 5.99. The lowest BCUT2D eigenvalue weighted by Crippen LogP contribution is -2.30. The van der Waals surface area contributed by atoms with Crippen molar-refractivity contribution in [2.24, 2.45) is 5.73 Å². The molecule has 0 aromatic carbocycles. The number of alkyl halides is 3. The van der Waals surface area contributed by atoms with Gasteiger partial charge in [-0.3, -0.25) is 4.79 Å². The highest BCUT2D eigenvalue weighted by Gasteiger charge is 2.33. The molecule has 0 spiro atoms. The number of hydrogen-bond donors (Lipinski definition) is 1. The van der Waals surface area contributed by atoms with Gasteiger partial charge in [0.2, 0.25) is 5.92 Å². The van der Waals surface area contributed by atoms with Crippen molar-refractivity contribution in [1.29, 1.82) is 0 Å². The van der Waals surface area contributed by atoms with Gasteiger partial charge in [0.05, 0.1) is 5.56 Å². The number of nitrogens with two attached hydrogens (primary N) is 1. The molecule has 1 fully saturated rings. The van der Waals surface area contributed by atoms with Gasteiger partial charge in [0.25, 0.3) is 5.91 Å². The zero-order valence-corrected chi connectivity index (χ0v) is 11.8. The molecule has 1 aliphatic rings. The number of rotatable bonds is 3. The first kappa shape index (κ1) is 15.6. The van der Waals surface area contributed by atoms with E-state index in [2.05, 4.69) is 4.98 Å². The van der Waals surface area contributed by atoms with Crippen molar-refractivity contribution in [3.8, 4) is 0 Å². The van der Waals surface area contributed by atoms with Gasteiger partial charge in [-0.25, -0.2) is 18.2 Å². The van der Waals surface area contributed by atoms with E-state index in [0.717, 1.165) is 0 Å².